The Balaban J connectivity index is 2.56. The number of hydrogen-bond acceptors (Lipinski definition) is 4. The second-order valence-corrected chi connectivity index (χ2v) is 5.78. The van der Waals surface area contributed by atoms with Crippen molar-refractivity contribution in [1.82, 2.24) is 9.97 Å². The van der Waals surface area contributed by atoms with Crippen molar-refractivity contribution in [2.45, 2.75) is 26.9 Å². The Bertz CT molecular complexity index is 748. The van der Waals surface area contributed by atoms with Crippen LogP contribution < -0.4 is 10.1 Å². The zero-order valence-electron chi connectivity index (χ0n) is 13.0. The predicted octanol–water partition coefficient (Wildman–Crippen LogP) is 4.94. The van der Waals surface area contributed by atoms with Crippen molar-refractivity contribution in [1.29, 1.82) is 0 Å². The second kappa shape index (κ2) is 6.35. The number of anilines is 2. The van der Waals surface area contributed by atoms with Crippen molar-refractivity contribution >= 4 is 27.4 Å². The lowest BCUT2D eigenvalue weighted by atomic mass is 10.1. The number of nitrogens with zero attached hydrogens (tertiary/aromatic N) is 2. The van der Waals surface area contributed by atoms with Gasteiger partial charge in [-0.15, -0.1) is 0 Å². The molecule has 1 aromatic carbocycles. The third kappa shape index (κ3) is 3.57. The molecule has 0 fully saturated rings. The van der Waals surface area contributed by atoms with Gasteiger partial charge in [0.2, 0.25) is 0 Å². The zero-order chi connectivity index (χ0) is 17.4. The fraction of sp³-hybridized carbons (Fsp3) is 0.333. The molecule has 0 saturated heterocycles. The third-order valence-electron chi connectivity index (χ3n) is 3.32. The van der Waals surface area contributed by atoms with Gasteiger partial charge in [0.15, 0.2) is 5.69 Å². The fourth-order valence-corrected chi connectivity index (χ4v) is 2.69. The van der Waals surface area contributed by atoms with Crippen LogP contribution >= 0.6 is 15.9 Å². The number of nitrogens with one attached hydrogen (secondary N) is 1. The molecule has 1 aromatic heterocycles. The number of ether oxygens (including phenoxy) is 1. The van der Waals surface area contributed by atoms with Crippen molar-refractivity contribution in [2.24, 2.45) is 0 Å². The molecule has 2 rings (SSSR count). The zero-order valence-corrected chi connectivity index (χ0v) is 14.6. The molecule has 1 heterocycles. The molecule has 8 heteroatoms. The topological polar surface area (TPSA) is 47.0 Å². The summed E-state index contributed by atoms with van der Waals surface area (Å²) in [5, 5.41) is 2.96. The molecule has 0 unspecified atom stereocenters. The third-order valence-corrected chi connectivity index (χ3v) is 4.07. The van der Waals surface area contributed by atoms with Crippen molar-refractivity contribution < 1.29 is 17.9 Å². The first kappa shape index (κ1) is 17.5. The minimum absolute atomic E-state index is 0.0289. The van der Waals surface area contributed by atoms with E-state index in [-0.39, 0.29) is 16.1 Å². The monoisotopic (exact) mass is 389 g/mol. The second-order valence-electron chi connectivity index (χ2n) is 4.99. The van der Waals surface area contributed by atoms with Gasteiger partial charge in [0.1, 0.15) is 17.4 Å². The van der Waals surface area contributed by atoms with Crippen molar-refractivity contribution in [3.63, 3.8) is 0 Å². The van der Waals surface area contributed by atoms with Gasteiger partial charge >= 0.3 is 6.18 Å². The van der Waals surface area contributed by atoms with Crippen LogP contribution in [-0.2, 0) is 6.18 Å². The lowest BCUT2D eigenvalue weighted by Crippen LogP contribution is -2.13. The molecule has 0 aliphatic carbocycles. The number of aryl methyl sites for hydroxylation is 2. The van der Waals surface area contributed by atoms with E-state index in [1.54, 1.807) is 6.07 Å². The van der Waals surface area contributed by atoms with Gasteiger partial charge in [-0.3, -0.25) is 0 Å². The highest BCUT2D eigenvalue weighted by Gasteiger charge is 2.37. The molecular weight excluding hydrogens is 375 g/mol. The first-order valence-electron chi connectivity index (χ1n) is 6.67. The fourth-order valence-electron chi connectivity index (χ4n) is 2.19. The molecule has 0 aliphatic heterocycles. The first-order chi connectivity index (χ1) is 10.6. The van der Waals surface area contributed by atoms with Gasteiger partial charge in [-0.25, -0.2) is 9.97 Å². The number of hydrogen-bond donors (Lipinski definition) is 1. The van der Waals surface area contributed by atoms with E-state index in [1.165, 1.54) is 14.0 Å². The highest BCUT2D eigenvalue weighted by atomic mass is 79.9. The van der Waals surface area contributed by atoms with Crippen LogP contribution in [0, 0.1) is 20.8 Å². The van der Waals surface area contributed by atoms with E-state index in [1.807, 2.05) is 19.9 Å². The normalized spacial score (nSPS) is 11.5. The van der Waals surface area contributed by atoms with E-state index in [4.69, 9.17) is 4.74 Å². The number of halogens is 4. The van der Waals surface area contributed by atoms with Crippen LogP contribution in [0.3, 0.4) is 0 Å². The summed E-state index contributed by atoms with van der Waals surface area (Å²) in [7, 11) is 1.54. The number of benzene rings is 1. The molecule has 0 bridgehead atoms. The van der Waals surface area contributed by atoms with Crippen molar-refractivity contribution in [3.05, 3.63) is 39.3 Å². The molecule has 2 aromatic rings. The minimum Gasteiger partial charge on any atom is -0.496 e. The van der Waals surface area contributed by atoms with Gasteiger partial charge in [0.25, 0.3) is 0 Å². The molecule has 0 saturated carbocycles. The first-order valence-corrected chi connectivity index (χ1v) is 7.47. The minimum atomic E-state index is -4.57. The Morgan fingerprint density at radius 3 is 2.35 bits per heavy atom. The molecule has 0 radical (unpaired) electrons. The Kier molecular flexibility index (Phi) is 4.84. The van der Waals surface area contributed by atoms with Crippen LogP contribution in [0.5, 0.6) is 5.75 Å². The number of aromatic nitrogens is 2. The number of methoxy groups -OCH3 is 1. The van der Waals surface area contributed by atoms with Crippen LogP contribution in [0.15, 0.2) is 16.6 Å². The van der Waals surface area contributed by atoms with Crippen LogP contribution in [0.2, 0.25) is 0 Å². The van der Waals surface area contributed by atoms with E-state index < -0.39 is 11.9 Å². The molecule has 124 valence electrons. The van der Waals surface area contributed by atoms with Gasteiger partial charge in [-0.05, 0) is 48.3 Å². The number of rotatable bonds is 3. The van der Waals surface area contributed by atoms with Crippen LogP contribution in [0.25, 0.3) is 0 Å². The Morgan fingerprint density at radius 2 is 1.78 bits per heavy atom. The van der Waals surface area contributed by atoms with E-state index >= 15 is 0 Å². The summed E-state index contributed by atoms with van der Waals surface area (Å²) >= 11 is 2.95. The number of alkyl halides is 3. The molecule has 0 atom stereocenters. The van der Waals surface area contributed by atoms with Gasteiger partial charge in [0.05, 0.1) is 11.6 Å². The molecule has 0 spiro atoms. The summed E-state index contributed by atoms with van der Waals surface area (Å²) in [5.74, 6) is 0.724. The summed E-state index contributed by atoms with van der Waals surface area (Å²) in [6, 6.07) is 3.62. The van der Waals surface area contributed by atoms with Crippen molar-refractivity contribution in [3.8, 4) is 5.75 Å². The van der Waals surface area contributed by atoms with E-state index in [0.29, 0.717) is 11.4 Å². The molecule has 0 amide bonds. The summed E-state index contributed by atoms with van der Waals surface area (Å²) in [6.45, 7) is 5.08. The molecular formula is C15H15BrF3N3O. The maximum atomic E-state index is 13.1. The molecule has 0 aliphatic rings. The highest BCUT2D eigenvalue weighted by molar-refractivity contribution is 9.10. The highest BCUT2D eigenvalue weighted by Crippen LogP contribution is 2.38. The lowest BCUT2D eigenvalue weighted by molar-refractivity contribution is -0.141. The van der Waals surface area contributed by atoms with Crippen LogP contribution in [0.4, 0.5) is 24.7 Å². The standard InChI is InChI=1S/C15H15BrF3N3O/c1-7-5-6-10(23-4)8(2)12(7)22-14-11(16)13(15(17,18)19)20-9(3)21-14/h5-6H,1-4H3,(H,20,21,22). The molecule has 4 nitrogen and oxygen atoms in total. The predicted molar refractivity (Wildman–Crippen MR) is 85.2 cm³/mol. The Labute approximate surface area is 140 Å². The van der Waals surface area contributed by atoms with Crippen LogP contribution in [-0.4, -0.2) is 17.1 Å². The van der Waals surface area contributed by atoms with Crippen LogP contribution in [0.1, 0.15) is 22.6 Å². The Morgan fingerprint density at radius 1 is 1.13 bits per heavy atom. The SMILES string of the molecule is COc1ccc(C)c(Nc2nc(C)nc(C(F)(F)F)c2Br)c1C. The lowest BCUT2D eigenvalue weighted by Gasteiger charge is -2.17. The molecule has 1 N–H and O–H groups in total. The summed E-state index contributed by atoms with van der Waals surface area (Å²) in [4.78, 5) is 7.55. The maximum Gasteiger partial charge on any atom is 0.434 e. The quantitative estimate of drug-likeness (QED) is 0.807. The average Bonchev–Trinajstić information content (AvgIpc) is 2.45. The van der Waals surface area contributed by atoms with E-state index in [9.17, 15) is 13.2 Å². The smallest absolute Gasteiger partial charge is 0.434 e. The summed E-state index contributed by atoms with van der Waals surface area (Å²) in [6.07, 6.45) is -4.57. The summed E-state index contributed by atoms with van der Waals surface area (Å²) < 4.78 is 44.2. The van der Waals surface area contributed by atoms with Gasteiger partial charge in [-0.1, -0.05) is 6.07 Å². The average molecular weight is 390 g/mol. The molecule has 23 heavy (non-hydrogen) atoms. The van der Waals surface area contributed by atoms with E-state index in [2.05, 4.69) is 31.2 Å². The van der Waals surface area contributed by atoms with Crippen molar-refractivity contribution in [2.75, 3.05) is 12.4 Å². The van der Waals surface area contributed by atoms with Gasteiger partial charge in [-0.2, -0.15) is 13.2 Å². The van der Waals surface area contributed by atoms with E-state index in [0.717, 1.165) is 11.1 Å². The Hall–Kier alpha value is -1.83. The maximum absolute atomic E-state index is 13.1. The van der Waals surface area contributed by atoms with Gasteiger partial charge < -0.3 is 10.1 Å². The largest absolute Gasteiger partial charge is 0.496 e. The van der Waals surface area contributed by atoms with Gasteiger partial charge in [0, 0.05) is 11.3 Å². The summed E-state index contributed by atoms with van der Waals surface area (Å²) in [5.41, 5.74) is 1.28.